The smallest absolute Gasteiger partial charge is 0.124 e. The van der Waals surface area contributed by atoms with Crippen molar-refractivity contribution in [2.75, 3.05) is 0 Å². The Morgan fingerprint density at radius 2 is 2.05 bits per heavy atom. The average molecular weight is 317 g/mol. The van der Waals surface area contributed by atoms with Crippen molar-refractivity contribution in [3.8, 4) is 5.75 Å². The van der Waals surface area contributed by atoms with Crippen LogP contribution in [0.2, 0.25) is 0 Å². The van der Waals surface area contributed by atoms with Gasteiger partial charge in [0.2, 0.25) is 0 Å². The second-order valence-corrected chi connectivity index (χ2v) is 5.87. The van der Waals surface area contributed by atoms with Gasteiger partial charge in [0.1, 0.15) is 11.9 Å². The number of rotatable bonds is 2. The zero-order valence-electron chi connectivity index (χ0n) is 11.0. The normalized spacial score (nSPS) is 17.7. The minimum atomic E-state index is 0.199. The van der Waals surface area contributed by atoms with E-state index in [0.717, 1.165) is 29.5 Å². The maximum atomic E-state index is 6.19. The van der Waals surface area contributed by atoms with E-state index in [4.69, 9.17) is 4.74 Å². The maximum Gasteiger partial charge on any atom is 0.124 e. The number of halogens is 1. The monoisotopic (exact) mass is 316 g/mol. The van der Waals surface area contributed by atoms with Crippen molar-refractivity contribution in [2.24, 2.45) is 0 Å². The Kier molecular flexibility index (Phi) is 3.61. The molecule has 1 aliphatic rings. The van der Waals surface area contributed by atoms with Crippen LogP contribution in [0.1, 0.15) is 36.1 Å². The highest BCUT2D eigenvalue weighted by molar-refractivity contribution is 9.10. The Hall–Kier alpha value is -1.28. The molecule has 0 saturated carbocycles. The highest BCUT2D eigenvalue weighted by Crippen LogP contribution is 2.37. The zero-order chi connectivity index (χ0) is 13.2. The molecule has 0 spiro atoms. The zero-order valence-corrected chi connectivity index (χ0v) is 12.6. The fourth-order valence-electron chi connectivity index (χ4n) is 2.75. The van der Waals surface area contributed by atoms with Crippen LogP contribution in [0.4, 0.5) is 0 Å². The van der Waals surface area contributed by atoms with E-state index in [0.29, 0.717) is 0 Å². The lowest BCUT2D eigenvalue weighted by Crippen LogP contribution is -2.16. The van der Waals surface area contributed by atoms with Crippen LogP contribution in [0.25, 0.3) is 0 Å². The number of ether oxygens (including phenoxy) is 1. The minimum Gasteiger partial charge on any atom is -0.485 e. The first kappa shape index (κ1) is 12.7. The van der Waals surface area contributed by atoms with Crippen molar-refractivity contribution in [3.05, 3.63) is 63.6 Å². The number of benzene rings is 2. The molecule has 2 aromatic rings. The lowest BCUT2D eigenvalue weighted by atomic mass is 9.93. The Bertz CT molecular complexity index is 592. The summed E-state index contributed by atoms with van der Waals surface area (Å²) in [7, 11) is 0. The van der Waals surface area contributed by atoms with Crippen molar-refractivity contribution in [3.63, 3.8) is 0 Å². The third-order valence-electron chi connectivity index (χ3n) is 3.75. The molecule has 0 N–H and O–H groups in total. The summed E-state index contributed by atoms with van der Waals surface area (Å²) in [5, 5.41) is 0. The number of aryl methyl sites for hydroxylation is 2. The summed E-state index contributed by atoms with van der Waals surface area (Å²) in [5.74, 6) is 1.03. The van der Waals surface area contributed by atoms with E-state index in [1.165, 1.54) is 16.7 Å². The molecule has 1 aliphatic heterocycles. The first-order valence-electron chi connectivity index (χ1n) is 6.81. The molecule has 0 saturated heterocycles. The predicted molar refractivity (Wildman–Crippen MR) is 81.7 cm³/mol. The Balaban J connectivity index is 1.91. The SMILES string of the molecule is CCc1ccccc1C1CCc2cc(Br)ccc2O1. The van der Waals surface area contributed by atoms with Gasteiger partial charge in [0.05, 0.1) is 0 Å². The Labute approximate surface area is 122 Å². The lowest BCUT2D eigenvalue weighted by Gasteiger charge is -2.28. The maximum absolute atomic E-state index is 6.19. The number of fused-ring (bicyclic) bond motifs is 1. The predicted octanol–water partition coefficient (Wildman–Crippen LogP) is 5.08. The molecule has 0 radical (unpaired) electrons. The summed E-state index contributed by atoms with van der Waals surface area (Å²) in [5.41, 5.74) is 4.05. The summed E-state index contributed by atoms with van der Waals surface area (Å²) in [6, 6.07) is 14.9. The molecule has 1 nitrogen and oxygen atoms in total. The first-order chi connectivity index (χ1) is 9.28. The molecule has 1 unspecified atom stereocenters. The molecule has 1 heterocycles. The van der Waals surface area contributed by atoms with Crippen LogP contribution in [0, 0.1) is 0 Å². The van der Waals surface area contributed by atoms with Crippen LogP contribution in [-0.2, 0) is 12.8 Å². The van der Waals surface area contributed by atoms with Crippen LogP contribution in [0.15, 0.2) is 46.9 Å². The van der Waals surface area contributed by atoms with E-state index in [1.807, 2.05) is 6.07 Å². The van der Waals surface area contributed by atoms with Crippen LogP contribution < -0.4 is 4.74 Å². The molecule has 3 rings (SSSR count). The molecule has 19 heavy (non-hydrogen) atoms. The quantitative estimate of drug-likeness (QED) is 0.751. The Morgan fingerprint density at radius 1 is 1.21 bits per heavy atom. The van der Waals surface area contributed by atoms with Gasteiger partial charge >= 0.3 is 0 Å². The fraction of sp³-hybridized carbons (Fsp3) is 0.294. The van der Waals surface area contributed by atoms with Crippen LogP contribution in [0.5, 0.6) is 5.75 Å². The van der Waals surface area contributed by atoms with Gasteiger partial charge in [-0.1, -0.05) is 47.1 Å². The molecular weight excluding hydrogens is 300 g/mol. The van der Waals surface area contributed by atoms with Crippen molar-refractivity contribution < 1.29 is 4.74 Å². The van der Waals surface area contributed by atoms with E-state index in [2.05, 4.69) is 59.3 Å². The van der Waals surface area contributed by atoms with Gasteiger partial charge in [0.15, 0.2) is 0 Å². The summed E-state index contributed by atoms with van der Waals surface area (Å²) in [6.45, 7) is 2.20. The van der Waals surface area contributed by atoms with E-state index in [-0.39, 0.29) is 6.10 Å². The first-order valence-corrected chi connectivity index (χ1v) is 7.60. The third-order valence-corrected chi connectivity index (χ3v) is 4.24. The van der Waals surface area contributed by atoms with Crippen LogP contribution in [-0.4, -0.2) is 0 Å². The average Bonchev–Trinajstić information content (AvgIpc) is 2.46. The molecule has 0 aliphatic carbocycles. The lowest BCUT2D eigenvalue weighted by molar-refractivity contribution is 0.175. The molecule has 0 aromatic heterocycles. The van der Waals surface area contributed by atoms with E-state index in [1.54, 1.807) is 0 Å². The minimum absolute atomic E-state index is 0.199. The second kappa shape index (κ2) is 5.38. The fourth-order valence-corrected chi connectivity index (χ4v) is 3.15. The van der Waals surface area contributed by atoms with Gasteiger partial charge in [-0.3, -0.25) is 0 Å². The number of hydrogen-bond acceptors (Lipinski definition) is 1. The van der Waals surface area contributed by atoms with Crippen LogP contribution in [0.3, 0.4) is 0 Å². The van der Waals surface area contributed by atoms with Gasteiger partial charge < -0.3 is 4.74 Å². The molecule has 98 valence electrons. The van der Waals surface area contributed by atoms with Gasteiger partial charge in [-0.05, 0) is 54.2 Å². The van der Waals surface area contributed by atoms with Gasteiger partial charge in [-0.25, -0.2) is 0 Å². The van der Waals surface area contributed by atoms with E-state index < -0.39 is 0 Å². The summed E-state index contributed by atoms with van der Waals surface area (Å²) >= 11 is 3.52. The molecule has 1 atom stereocenters. The number of hydrogen-bond donors (Lipinski definition) is 0. The summed E-state index contributed by atoms with van der Waals surface area (Å²) < 4.78 is 7.32. The molecule has 0 amide bonds. The summed E-state index contributed by atoms with van der Waals surface area (Å²) in [6.07, 6.45) is 3.39. The van der Waals surface area contributed by atoms with Crippen molar-refractivity contribution >= 4 is 15.9 Å². The highest BCUT2D eigenvalue weighted by atomic mass is 79.9. The van der Waals surface area contributed by atoms with Crippen LogP contribution >= 0.6 is 15.9 Å². The highest BCUT2D eigenvalue weighted by Gasteiger charge is 2.22. The molecule has 0 fully saturated rings. The van der Waals surface area contributed by atoms with Crippen molar-refractivity contribution in [1.29, 1.82) is 0 Å². The summed E-state index contributed by atoms with van der Waals surface area (Å²) in [4.78, 5) is 0. The molecule has 2 aromatic carbocycles. The van der Waals surface area contributed by atoms with Gasteiger partial charge in [-0.15, -0.1) is 0 Å². The second-order valence-electron chi connectivity index (χ2n) is 4.95. The molecular formula is C17H17BrO. The third kappa shape index (κ3) is 2.55. The Morgan fingerprint density at radius 3 is 2.89 bits per heavy atom. The largest absolute Gasteiger partial charge is 0.485 e. The topological polar surface area (TPSA) is 9.23 Å². The van der Waals surface area contributed by atoms with E-state index in [9.17, 15) is 0 Å². The van der Waals surface area contributed by atoms with Crippen molar-refractivity contribution in [1.82, 2.24) is 0 Å². The van der Waals surface area contributed by atoms with Gasteiger partial charge in [-0.2, -0.15) is 0 Å². The molecule has 0 bridgehead atoms. The standard InChI is InChI=1S/C17H17BrO/c1-2-12-5-3-4-6-15(12)17-9-7-13-11-14(18)8-10-16(13)19-17/h3-6,8,10-11,17H,2,7,9H2,1H3. The molecule has 2 heteroatoms. The van der Waals surface area contributed by atoms with Crippen molar-refractivity contribution in [2.45, 2.75) is 32.3 Å². The van der Waals surface area contributed by atoms with Gasteiger partial charge in [0.25, 0.3) is 0 Å². The van der Waals surface area contributed by atoms with E-state index >= 15 is 0 Å². The van der Waals surface area contributed by atoms with Gasteiger partial charge in [0, 0.05) is 4.47 Å².